The van der Waals surface area contributed by atoms with Gasteiger partial charge in [-0.15, -0.1) is 0 Å². The Hall–Kier alpha value is -3.08. The van der Waals surface area contributed by atoms with Crippen LogP contribution in [-0.4, -0.2) is 57.1 Å². The van der Waals surface area contributed by atoms with Crippen molar-refractivity contribution < 1.29 is 18.7 Å². The number of anilines is 1. The molecule has 0 unspecified atom stereocenters. The van der Waals surface area contributed by atoms with Crippen LogP contribution in [-0.2, 0) is 11.3 Å². The minimum Gasteiger partial charge on any atom is -0.486 e. The molecule has 0 aliphatic carbocycles. The number of hydrogen-bond donors (Lipinski definition) is 1. The van der Waals surface area contributed by atoms with Crippen LogP contribution >= 0.6 is 11.8 Å². The quantitative estimate of drug-likeness (QED) is 0.562. The zero-order valence-corrected chi connectivity index (χ0v) is 18.2. The van der Waals surface area contributed by atoms with Gasteiger partial charge >= 0.3 is 0 Å². The predicted molar refractivity (Wildman–Crippen MR) is 116 cm³/mol. The molecule has 9 nitrogen and oxygen atoms in total. The molecule has 0 atom stereocenters. The monoisotopic (exact) mass is 458 g/mol. The zero-order valence-electron chi connectivity index (χ0n) is 17.4. The number of imidazole rings is 1. The number of nitrogens with two attached hydrogens (primary N) is 1. The molecule has 0 bridgehead atoms. The first-order valence-electron chi connectivity index (χ1n) is 10.6. The van der Waals surface area contributed by atoms with E-state index in [1.807, 2.05) is 9.47 Å². The van der Waals surface area contributed by atoms with E-state index < -0.39 is 5.82 Å². The van der Waals surface area contributed by atoms with E-state index in [1.165, 1.54) is 24.2 Å². The Kier molecular flexibility index (Phi) is 5.73. The molecule has 5 rings (SSSR count). The molecule has 2 N–H and O–H groups in total. The number of carbonyl (C=O) groups excluding carboxylic acids is 1. The Morgan fingerprint density at radius 2 is 1.94 bits per heavy atom. The largest absolute Gasteiger partial charge is 0.486 e. The molecule has 2 aliphatic rings. The van der Waals surface area contributed by atoms with Crippen LogP contribution < -0.4 is 15.2 Å². The molecule has 2 aliphatic heterocycles. The Balaban J connectivity index is 1.43. The summed E-state index contributed by atoms with van der Waals surface area (Å²) in [6.45, 7) is 3.04. The van der Waals surface area contributed by atoms with Crippen molar-refractivity contribution in [1.29, 1.82) is 0 Å². The van der Waals surface area contributed by atoms with Gasteiger partial charge in [-0.25, -0.2) is 19.3 Å². The second-order valence-corrected chi connectivity index (χ2v) is 8.89. The highest BCUT2D eigenvalue weighted by Crippen LogP contribution is 2.40. The van der Waals surface area contributed by atoms with E-state index in [4.69, 9.17) is 15.2 Å². The molecular formula is C21H23FN6O3S. The van der Waals surface area contributed by atoms with Gasteiger partial charge in [0.1, 0.15) is 25.4 Å². The van der Waals surface area contributed by atoms with Crippen LogP contribution in [0.2, 0.25) is 0 Å². The molecule has 32 heavy (non-hydrogen) atoms. The van der Waals surface area contributed by atoms with Crippen molar-refractivity contribution in [3.8, 4) is 11.5 Å². The molecule has 0 radical (unpaired) electrons. The molecule has 0 spiro atoms. The lowest BCUT2D eigenvalue weighted by Crippen LogP contribution is -2.32. The van der Waals surface area contributed by atoms with Crippen molar-refractivity contribution in [1.82, 2.24) is 24.4 Å². The summed E-state index contributed by atoms with van der Waals surface area (Å²) >= 11 is 1.20. The molecule has 4 heterocycles. The van der Waals surface area contributed by atoms with Crippen molar-refractivity contribution in [3.05, 3.63) is 24.3 Å². The molecule has 1 aromatic carbocycles. The molecule has 1 saturated heterocycles. The van der Waals surface area contributed by atoms with E-state index in [1.54, 1.807) is 6.07 Å². The summed E-state index contributed by atoms with van der Waals surface area (Å²) in [7, 11) is 0. The minimum atomic E-state index is -0.404. The standard InChI is InChI=1S/C21H23FN6O3S/c22-14-9-15-16(31-8-7-30-15)10-17(14)32-21-26-18-19(23)24-11-25-20(18)28(21)6-3-13-1-4-27(12-29)5-2-13/h9-13H,1-8H2,(H2,23,24,25). The minimum absolute atomic E-state index is 0.289. The summed E-state index contributed by atoms with van der Waals surface area (Å²) in [6.07, 6.45) is 5.15. The van der Waals surface area contributed by atoms with Crippen LogP contribution in [0.3, 0.4) is 0 Å². The molecule has 3 aromatic rings. The SMILES string of the molecule is Nc1ncnc2c1nc(Sc1cc3c(cc1F)OCCO3)n2CCC1CCN(C=O)CC1. The van der Waals surface area contributed by atoms with Crippen LogP contribution in [0.1, 0.15) is 19.3 Å². The van der Waals surface area contributed by atoms with Gasteiger partial charge < -0.3 is 24.7 Å². The van der Waals surface area contributed by atoms with Gasteiger partial charge in [-0.05, 0) is 36.9 Å². The summed E-state index contributed by atoms with van der Waals surface area (Å²) in [5, 5.41) is 0.591. The van der Waals surface area contributed by atoms with Crippen LogP contribution in [0.5, 0.6) is 11.5 Å². The van der Waals surface area contributed by atoms with E-state index in [-0.39, 0.29) is 5.82 Å². The Labute approximate surface area is 188 Å². The maximum absolute atomic E-state index is 14.8. The fourth-order valence-electron chi connectivity index (χ4n) is 4.09. The van der Waals surface area contributed by atoms with Crippen LogP contribution in [0.25, 0.3) is 11.2 Å². The molecule has 1 amide bonds. The molecule has 168 valence electrons. The second-order valence-electron chi connectivity index (χ2n) is 7.88. The Morgan fingerprint density at radius 3 is 2.69 bits per heavy atom. The summed E-state index contributed by atoms with van der Waals surface area (Å²) in [5.41, 5.74) is 7.17. The van der Waals surface area contributed by atoms with Crippen LogP contribution in [0, 0.1) is 11.7 Å². The number of nitrogens with zero attached hydrogens (tertiary/aromatic N) is 5. The van der Waals surface area contributed by atoms with E-state index >= 15 is 0 Å². The summed E-state index contributed by atoms with van der Waals surface area (Å²) in [5.74, 6) is 1.30. The number of piperidine rings is 1. The smallest absolute Gasteiger partial charge is 0.209 e. The number of hydrogen-bond acceptors (Lipinski definition) is 8. The van der Waals surface area contributed by atoms with E-state index in [0.29, 0.717) is 58.4 Å². The number of fused-ring (bicyclic) bond motifs is 2. The summed E-state index contributed by atoms with van der Waals surface area (Å²) in [4.78, 5) is 26.2. The Morgan fingerprint density at radius 1 is 1.19 bits per heavy atom. The molecule has 11 heteroatoms. The molecule has 0 saturated carbocycles. The van der Waals surface area contributed by atoms with Gasteiger partial charge in [0.2, 0.25) is 6.41 Å². The van der Waals surface area contributed by atoms with Crippen molar-refractivity contribution in [3.63, 3.8) is 0 Å². The zero-order chi connectivity index (χ0) is 22.1. The van der Waals surface area contributed by atoms with Gasteiger partial charge in [0.05, 0.1) is 4.90 Å². The van der Waals surface area contributed by atoms with Gasteiger partial charge in [0, 0.05) is 31.8 Å². The van der Waals surface area contributed by atoms with E-state index in [0.717, 1.165) is 38.8 Å². The Bertz CT molecular complexity index is 1150. The highest BCUT2D eigenvalue weighted by molar-refractivity contribution is 7.99. The highest BCUT2D eigenvalue weighted by Gasteiger charge is 2.23. The average molecular weight is 459 g/mol. The number of amides is 1. The third kappa shape index (κ3) is 4.04. The topological polar surface area (TPSA) is 108 Å². The number of benzene rings is 1. The summed E-state index contributed by atoms with van der Waals surface area (Å²) < 4.78 is 27.8. The maximum Gasteiger partial charge on any atom is 0.209 e. The van der Waals surface area contributed by atoms with Crippen LogP contribution in [0.15, 0.2) is 28.5 Å². The van der Waals surface area contributed by atoms with Crippen LogP contribution in [0.4, 0.5) is 10.2 Å². The van der Waals surface area contributed by atoms with Crippen molar-refractivity contribution in [2.75, 3.05) is 32.0 Å². The lowest BCUT2D eigenvalue weighted by Gasteiger charge is -2.29. The third-order valence-electron chi connectivity index (χ3n) is 5.88. The lowest BCUT2D eigenvalue weighted by molar-refractivity contribution is -0.119. The number of halogens is 1. The molecular weight excluding hydrogens is 435 g/mol. The van der Waals surface area contributed by atoms with Gasteiger partial charge in [-0.3, -0.25) is 4.79 Å². The highest BCUT2D eigenvalue weighted by atomic mass is 32.2. The fourth-order valence-corrected chi connectivity index (χ4v) is 5.04. The number of ether oxygens (including phenoxy) is 2. The number of likely N-dealkylation sites (tertiary alicyclic amines) is 1. The van der Waals surface area contributed by atoms with Crippen molar-refractivity contribution in [2.24, 2.45) is 5.92 Å². The second kappa shape index (κ2) is 8.81. The lowest BCUT2D eigenvalue weighted by atomic mass is 9.94. The number of rotatable bonds is 6. The summed E-state index contributed by atoms with van der Waals surface area (Å²) in [6, 6.07) is 2.99. The number of aryl methyl sites for hydroxylation is 1. The number of nitrogen functional groups attached to an aromatic ring is 1. The van der Waals surface area contributed by atoms with Gasteiger partial charge in [-0.1, -0.05) is 0 Å². The first kappa shape index (κ1) is 20.8. The fraction of sp³-hybridized carbons (Fsp3) is 0.429. The van der Waals surface area contributed by atoms with E-state index in [9.17, 15) is 9.18 Å². The van der Waals surface area contributed by atoms with Crippen molar-refractivity contribution in [2.45, 2.75) is 35.9 Å². The van der Waals surface area contributed by atoms with Crippen molar-refractivity contribution >= 4 is 35.2 Å². The molecule has 1 fully saturated rings. The average Bonchev–Trinajstić information content (AvgIpc) is 3.17. The first-order chi connectivity index (χ1) is 15.6. The van der Waals surface area contributed by atoms with Gasteiger partial charge in [0.15, 0.2) is 33.6 Å². The van der Waals surface area contributed by atoms with E-state index in [2.05, 4.69) is 15.0 Å². The van der Waals surface area contributed by atoms with Gasteiger partial charge in [0.25, 0.3) is 0 Å². The maximum atomic E-state index is 14.8. The first-order valence-corrected chi connectivity index (χ1v) is 11.4. The predicted octanol–water partition coefficient (Wildman–Crippen LogP) is 2.73. The molecule has 2 aromatic heterocycles. The van der Waals surface area contributed by atoms with Gasteiger partial charge in [-0.2, -0.15) is 0 Å². The third-order valence-corrected chi connectivity index (χ3v) is 6.91. The number of aromatic nitrogens is 4. The normalized spacial score (nSPS) is 16.5. The number of carbonyl (C=O) groups is 1.